The highest BCUT2D eigenvalue weighted by molar-refractivity contribution is 7.71. The van der Waals surface area contributed by atoms with Crippen LogP contribution in [-0.4, -0.2) is 22.5 Å². The third-order valence-corrected chi connectivity index (χ3v) is 2.25. The Hall–Kier alpha value is -1.10. The maximum Gasteiger partial charge on any atom is 0.221 e. The summed E-state index contributed by atoms with van der Waals surface area (Å²) in [6.45, 7) is 2.59. The van der Waals surface area contributed by atoms with Crippen LogP contribution >= 0.6 is 12.2 Å². The largest absolute Gasteiger partial charge is 0.359 e. The highest BCUT2D eigenvalue weighted by Crippen LogP contribution is 2.00. The van der Waals surface area contributed by atoms with Crippen LogP contribution in [0.4, 0.5) is 0 Å². The van der Waals surface area contributed by atoms with E-state index in [1.54, 1.807) is 7.05 Å². The SMILES string of the molecule is CNC(=O)CCn1c(C)c[nH]c1=S. The number of aromatic nitrogens is 2. The first kappa shape index (κ1) is 9.98. The summed E-state index contributed by atoms with van der Waals surface area (Å²) in [5, 5.41) is 2.57. The fraction of sp³-hybridized carbons (Fsp3) is 0.500. The Bertz CT molecular complexity index is 353. The summed E-state index contributed by atoms with van der Waals surface area (Å²) >= 11 is 5.04. The standard InChI is InChI=1S/C8H13N3OS/c1-6-5-10-8(13)11(6)4-3-7(12)9-2/h5H,3-4H2,1-2H3,(H,9,12)(H,10,13). The summed E-state index contributed by atoms with van der Waals surface area (Å²) in [7, 11) is 1.63. The van der Waals surface area contributed by atoms with E-state index in [1.807, 2.05) is 17.7 Å². The van der Waals surface area contributed by atoms with Crippen LogP contribution in [-0.2, 0) is 11.3 Å². The van der Waals surface area contributed by atoms with E-state index >= 15 is 0 Å². The molecule has 0 aromatic carbocycles. The second-order valence-corrected chi connectivity index (χ2v) is 3.20. The summed E-state index contributed by atoms with van der Waals surface area (Å²) in [5.74, 6) is 0.0301. The molecule has 0 aliphatic heterocycles. The molecule has 13 heavy (non-hydrogen) atoms. The number of hydrogen-bond acceptors (Lipinski definition) is 2. The highest BCUT2D eigenvalue weighted by Gasteiger charge is 2.01. The van der Waals surface area contributed by atoms with Gasteiger partial charge in [-0.15, -0.1) is 0 Å². The van der Waals surface area contributed by atoms with E-state index in [1.165, 1.54) is 0 Å². The molecule has 0 saturated carbocycles. The maximum atomic E-state index is 11.0. The van der Waals surface area contributed by atoms with Crippen molar-refractivity contribution < 1.29 is 4.79 Å². The average molecular weight is 199 g/mol. The van der Waals surface area contributed by atoms with Crippen molar-refractivity contribution in [1.29, 1.82) is 0 Å². The Morgan fingerprint density at radius 2 is 2.46 bits per heavy atom. The monoisotopic (exact) mass is 199 g/mol. The van der Waals surface area contributed by atoms with Crippen molar-refractivity contribution in [3.05, 3.63) is 16.7 Å². The van der Waals surface area contributed by atoms with Crippen LogP contribution in [0.2, 0.25) is 0 Å². The third kappa shape index (κ3) is 2.42. The molecule has 0 atom stereocenters. The van der Waals surface area contributed by atoms with Gasteiger partial charge in [-0.05, 0) is 19.1 Å². The van der Waals surface area contributed by atoms with Gasteiger partial charge in [0.1, 0.15) is 0 Å². The zero-order chi connectivity index (χ0) is 9.84. The molecule has 1 aromatic rings. The Kier molecular flexibility index (Phi) is 3.25. The van der Waals surface area contributed by atoms with Crippen molar-refractivity contribution in [1.82, 2.24) is 14.9 Å². The number of nitrogens with zero attached hydrogens (tertiary/aromatic N) is 1. The summed E-state index contributed by atoms with van der Waals surface area (Å²) in [5.41, 5.74) is 1.05. The van der Waals surface area contributed by atoms with E-state index in [-0.39, 0.29) is 5.91 Å². The average Bonchev–Trinajstić information content (AvgIpc) is 2.43. The summed E-state index contributed by atoms with van der Waals surface area (Å²) in [6.07, 6.45) is 2.30. The minimum Gasteiger partial charge on any atom is -0.359 e. The van der Waals surface area contributed by atoms with Gasteiger partial charge in [-0.1, -0.05) is 0 Å². The van der Waals surface area contributed by atoms with Gasteiger partial charge < -0.3 is 14.9 Å². The van der Waals surface area contributed by atoms with E-state index in [0.29, 0.717) is 17.7 Å². The van der Waals surface area contributed by atoms with Gasteiger partial charge in [-0.3, -0.25) is 4.79 Å². The number of nitrogens with one attached hydrogen (secondary N) is 2. The van der Waals surface area contributed by atoms with Gasteiger partial charge >= 0.3 is 0 Å². The van der Waals surface area contributed by atoms with Crippen molar-refractivity contribution in [2.24, 2.45) is 0 Å². The lowest BCUT2D eigenvalue weighted by Crippen LogP contribution is -2.19. The van der Waals surface area contributed by atoms with E-state index in [9.17, 15) is 4.79 Å². The molecule has 1 amide bonds. The van der Waals surface area contributed by atoms with Crippen LogP contribution in [0.5, 0.6) is 0 Å². The molecule has 72 valence electrons. The quantitative estimate of drug-likeness (QED) is 0.713. The Balaban J connectivity index is 2.64. The van der Waals surface area contributed by atoms with E-state index in [0.717, 1.165) is 5.69 Å². The first-order valence-electron chi connectivity index (χ1n) is 4.10. The number of rotatable bonds is 3. The lowest BCUT2D eigenvalue weighted by Gasteiger charge is -2.03. The third-order valence-electron chi connectivity index (χ3n) is 1.92. The topological polar surface area (TPSA) is 49.8 Å². The first-order chi connectivity index (χ1) is 6.15. The van der Waals surface area contributed by atoms with Gasteiger partial charge in [0.15, 0.2) is 4.77 Å². The molecular weight excluding hydrogens is 186 g/mol. The number of carbonyl (C=O) groups excluding carboxylic acids is 1. The van der Waals surface area contributed by atoms with Crippen LogP contribution < -0.4 is 5.32 Å². The summed E-state index contributed by atoms with van der Waals surface area (Å²) < 4.78 is 2.58. The molecule has 5 heteroatoms. The lowest BCUT2D eigenvalue weighted by molar-refractivity contribution is -0.120. The first-order valence-corrected chi connectivity index (χ1v) is 4.51. The van der Waals surface area contributed by atoms with Crippen molar-refractivity contribution >= 4 is 18.1 Å². The predicted molar refractivity (Wildman–Crippen MR) is 53.0 cm³/mol. The molecule has 0 aliphatic rings. The molecule has 2 N–H and O–H groups in total. The van der Waals surface area contributed by atoms with E-state index in [4.69, 9.17) is 12.2 Å². The van der Waals surface area contributed by atoms with Gasteiger partial charge in [-0.2, -0.15) is 0 Å². The van der Waals surface area contributed by atoms with Gasteiger partial charge in [0.25, 0.3) is 0 Å². The minimum atomic E-state index is 0.0301. The molecule has 1 heterocycles. The molecule has 0 aliphatic carbocycles. The number of hydrogen-bond donors (Lipinski definition) is 2. The second kappa shape index (κ2) is 4.23. The molecule has 0 radical (unpaired) electrons. The van der Waals surface area contributed by atoms with Crippen LogP contribution in [0.1, 0.15) is 12.1 Å². The zero-order valence-corrected chi connectivity index (χ0v) is 8.57. The number of H-pyrrole nitrogens is 1. The van der Waals surface area contributed by atoms with E-state index in [2.05, 4.69) is 10.3 Å². The molecule has 1 rings (SSSR count). The molecular formula is C8H13N3OS. The van der Waals surface area contributed by atoms with Crippen molar-refractivity contribution in [3.8, 4) is 0 Å². The molecule has 0 spiro atoms. The number of carbonyl (C=O) groups is 1. The Morgan fingerprint density at radius 3 is 2.92 bits per heavy atom. The molecule has 0 saturated heterocycles. The van der Waals surface area contributed by atoms with Crippen LogP contribution in [0.15, 0.2) is 6.20 Å². The predicted octanol–water partition coefficient (Wildman–Crippen LogP) is 0.990. The Morgan fingerprint density at radius 1 is 1.77 bits per heavy atom. The van der Waals surface area contributed by atoms with Crippen LogP contribution in [0.3, 0.4) is 0 Å². The van der Waals surface area contributed by atoms with Gasteiger partial charge in [0.2, 0.25) is 5.91 Å². The second-order valence-electron chi connectivity index (χ2n) is 2.81. The maximum absolute atomic E-state index is 11.0. The summed E-state index contributed by atoms with van der Waals surface area (Å²) in [6, 6.07) is 0. The van der Waals surface area contributed by atoms with Crippen molar-refractivity contribution in [3.63, 3.8) is 0 Å². The zero-order valence-electron chi connectivity index (χ0n) is 7.76. The highest BCUT2D eigenvalue weighted by atomic mass is 32.1. The van der Waals surface area contributed by atoms with Gasteiger partial charge in [0.05, 0.1) is 0 Å². The smallest absolute Gasteiger partial charge is 0.221 e. The van der Waals surface area contributed by atoms with Gasteiger partial charge in [-0.25, -0.2) is 0 Å². The molecule has 0 bridgehead atoms. The normalized spacial score (nSPS) is 10.0. The molecule has 0 unspecified atom stereocenters. The fourth-order valence-electron chi connectivity index (χ4n) is 1.10. The molecule has 4 nitrogen and oxygen atoms in total. The summed E-state index contributed by atoms with van der Waals surface area (Å²) in [4.78, 5) is 13.9. The van der Waals surface area contributed by atoms with Crippen LogP contribution in [0, 0.1) is 11.7 Å². The van der Waals surface area contributed by atoms with Crippen LogP contribution in [0.25, 0.3) is 0 Å². The van der Waals surface area contributed by atoms with Crippen molar-refractivity contribution in [2.75, 3.05) is 7.05 Å². The number of imidazole rings is 1. The van der Waals surface area contributed by atoms with Crippen molar-refractivity contribution in [2.45, 2.75) is 19.9 Å². The molecule has 0 fully saturated rings. The number of aromatic amines is 1. The lowest BCUT2D eigenvalue weighted by atomic mass is 10.4. The Labute approximate surface area is 82.0 Å². The van der Waals surface area contributed by atoms with Gasteiger partial charge in [0, 0.05) is 31.9 Å². The minimum absolute atomic E-state index is 0.0301. The fourth-order valence-corrected chi connectivity index (χ4v) is 1.39. The van der Waals surface area contributed by atoms with E-state index < -0.39 is 0 Å². The number of aryl methyl sites for hydroxylation is 1. The molecule has 1 aromatic heterocycles. The number of amides is 1.